The number of nitrogens with zero attached hydrogens (tertiary/aromatic N) is 2. The third-order valence-corrected chi connectivity index (χ3v) is 4.55. The SMILES string of the molecule is Cc1ccc(NC(=O)COCC(=O)N2CCN(c3ccccc3)CC2)cc1. The Balaban J connectivity index is 1.36. The van der Waals surface area contributed by atoms with Gasteiger partial charge >= 0.3 is 0 Å². The molecule has 2 amide bonds. The van der Waals surface area contributed by atoms with Gasteiger partial charge in [0.15, 0.2) is 0 Å². The van der Waals surface area contributed by atoms with E-state index < -0.39 is 0 Å². The molecule has 1 aliphatic heterocycles. The van der Waals surface area contributed by atoms with Gasteiger partial charge in [0.25, 0.3) is 0 Å². The van der Waals surface area contributed by atoms with Gasteiger partial charge in [0.05, 0.1) is 0 Å². The summed E-state index contributed by atoms with van der Waals surface area (Å²) in [5.41, 5.74) is 3.02. The Morgan fingerprint density at radius 2 is 1.59 bits per heavy atom. The second-order valence-corrected chi connectivity index (χ2v) is 6.61. The number of benzene rings is 2. The largest absolute Gasteiger partial charge is 0.368 e. The molecule has 0 saturated carbocycles. The first-order valence-electron chi connectivity index (χ1n) is 9.14. The summed E-state index contributed by atoms with van der Waals surface area (Å²) in [5.74, 6) is -0.341. The van der Waals surface area contributed by atoms with Gasteiger partial charge in [-0.2, -0.15) is 0 Å². The summed E-state index contributed by atoms with van der Waals surface area (Å²) >= 11 is 0. The molecule has 27 heavy (non-hydrogen) atoms. The van der Waals surface area contributed by atoms with E-state index in [0.29, 0.717) is 13.1 Å². The molecule has 0 unspecified atom stereocenters. The first kappa shape index (κ1) is 18.9. The number of hydrogen-bond donors (Lipinski definition) is 1. The van der Waals surface area contributed by atoms with Crippen LogP contribution < -0.4 is 10.2 Å². The van der Waals surface area contributed by atoms with Gasteiger partial charge in [-0.05, 0) is 31.2 Å². The molecule has 0 spiro atoms. The van der Waals surface area contributed by atoms with Crippen molar-refractivity contribution in [3.63, 3.8) is 0 Å². The molecular formula is C21H25N3O3. The molecule has 1 saturated heterocycles. The highest BCUT2D eigenvalue weighted by molar-refractivity contribution is 5.91. The molecule has 0 radical (unpaired) electrons. The standard InChI is InChI=1S/C21H25N3O3/c1-17-7-9-18(10-8-17)22-20(25)15-27-16-21(26)24-13-11-23(12-14-24)19-5-3-2-4-6-19/h2-10H,11-16H2,1H3,(H,22,25). The zero-order chi connectivity index (χ0) is 19.1. The highest BCUT2D eigenvalue weighted by Crippen LogP contribution is 2.15. The molecule has 0 bridgehead atoms. The van der Waals surface area contributed by atoms with Gasteiger partial charge in [-0.15, -0.1) is 0 Å². The third kappa shape index (κ3) is 5.56. The number of piperazine rings is 1. The van der Waals surface area contributed by atoms with E-state index in [1.165, 1.54) is 5.69 Å². The van der Waals surface area contributed by atoms with E-state index in [-0.39, 0.29) is 25.0 Å². The van der Waals surface area contributed by atoms with Gasteiger partial charge in [0, 0.05) is 37.6 Å². The number of carbonyl (C=O) groups is 2. The minimum absolute atomic E-state index is 0.0767. The van der Waals surface area contributed by atoms with Crippen LogP contribution in [0.4, 0.5) is 11.4 Å². The zero-order valence-corrected chi connectivity index (χ0v) is 15.6. The number of carbonyl (C=O) groups excluding carboxylic acids is 2. The monoisotopic (exact) mass is 367 g/mol. The number of rotatable bonds is 6. The van der Waals surface area contributed by atoms with E-state index in [0.717, 1.165) is 24.3 Å². The number of para-hydroxylation sites is 1. The van der Waals surface area contributed by atoms with Crippen LogP contribution in [0.3, 0.4) is 0 Å². The van der Waals surface area contributed by atoms with Crippen LogP contribution in [-0.4, -0.2) is 56.1 Å². The quantitative estimate of drug-likeness (QED) is 0.851. The Hall–Kier alpha value is -2.86. The molecule has 0 aliphatic carbocycles. The van der Waals surface area contributed by atoms with Gasteiger partial charge in [0.2, 0.25) is 11.8 Å². The van der Waals surface area contributed by atoms with Crippen molar-refractivity contribution < 1.29 is 14.3 Å². The Morgan fingerprint density at radius 1 is 0.926 bits per heavy atom. The summed E-state index contributed by atoms with van der Waals surface area (Å²) in [6.45, 7) is 4.68. The van der Waals surface area contributed by atoms with Crippen LogP contribution in [0.15, 0.2) is 54.6 Å². The molecule has 142 valence electrons. The summed E-state index contributed by atoms with van der Waals surface area (Å²) in [7, 11) is 0. The molecule has 3 rings (SSSR count). The average Bonchev–Trinajstić information content (AvgIpc) is 2.70. The van der Waals surface area contributed by atoms with Gasteiger partial charge in [-0.1, -0.05) is 35.9 Å². The molecule has 0 atom stereocenters. The van der Waals surface area contributed by atoms with Crippen LogP contribution in [0.25, 0.3) is 0 Å². The number of amides is 2. The number of nitrogens with one attached hydrogen (secondary N) is 1. The van der Waals surface area contributed by atoms with E-state index in [1.54, 1.807) is 4.90 Å². The molecular weight excluding hydrogens is 342 g/mol. The summed E-state index contributed by atoms with van der Waals surface area (Å²) in [6.07, 6.45) is 0. The average molecular weight is 367 g/mol. The van der Waals surface area contributed by atoms with Crippen molar-refractivity contribution in [2.45, 2.75) is 6.92 Å². The predicted octanol–water partition coefficient (Wildman–Crippen LogP) is 2.30. The minimum Gasteiger partial charge on any atom is -0.368 e. The Labute approximate surface area is 159 Å². The van der Waals surface area contributed by atoms with Gasteiger partial charge in [-0.25, -0.2) is 0 Å². The first-order chi connectivity index (χ1) is 13.1. The van der Waals surface area contributed by atoms with Crippen LogP contribution in [-0.2, 0) is 14.3 Å². The maximum absolute atomic E-state index is 12.3. The van der Waals surface area contributed by atoms with Crippen molar-refractivity contribution in [3.8, 4) is 0 Å². The lowest BCUT2D eigenvalue weighted by molar-refractivity contribution is -0.137. The smallest absolute Gasteiger partial charge is 0.250 e. The van der Waals surface area contributed by atoms with Crippen molar-refractivity contribution >= 4 is 23.2 Å². The van der Waals surface area contributed by atoms with Crippen LogP contribution in [0, 0.1) is 6.92 Å². The molecule has 1 N–H and O–H groups in total. The maximum atomic E-state index is 12.3. The maximum Gasteiger partial charge on any atom is 0.250 e. The topological polar surface area (TPSA) is 61.9 Å². The first-order valence-corrected chi connectivity index (χ1v) is 9.14. The molecule has 6 nitrogen and oxygen atoms in total. The van der Waals surface area contributed by atoms with Crippen LogP contribution >= 0.6 is 0 Å². The van der Waals surface area contributed by atoms with Crippen LogP contribution in [0.1, 0.15) is 5.56 Å². The summed E-state index contributed by atoms with van der Waals surface area (Å²) < 4.78 is 5.30. The number of anilines is 2. The van der Waals surface area contributed by atoms with E-state index in [2.05, 4.69) is 22.3 Å². The van der Waals surface area contributed by atoms with Crippen molar-refractivity contribution in [1.82, 2.24) is 4.90 Å². The Bertz CT molecular complexity index is 754. The minimum atomic E-state index is -0.263. The molecule has 6 heteroatoms. The third-order valence-electron chi connectivity index (χ3n) is 4.55. The van der Waals surface area contributed by atoms with E-state index in [4.69, 9.17) is 4.74 Å². The van der Waals surface area contributed by atoms with E-state index in [1.807, 2.05) is 49.4 Å². The van der Waals surface area contributed by atoms with Crippen molar-refractivity contribution in [2.24, 2.45) is 0 Å². The highest BCUT2D eigenvalue weighted by atomic mass is 16.5. The summed E-state index contributed by atoms with van der Waals surface area (Å²) in [5, 5.41) is 2.75. The lowest BCUT2D eigenvalue weighted by Crippen LogP contribution is -2.49. The summed E-state index contributed by atoms with van der Waals surface area (Å²) in [4.78, 5) is 28.2. The molecule has 2 aromatic carbocycles. The molecule has 1 heterocycles. The fourth-order valence-corrected chi connectivity index (χ4v) is 3.01. The van der Waals surface area contributed by atoms with Crippen molar-refractivity contribution in [1.29, 1.82) is 0 Å². The number of aryl methyl sites for hydroxylation is 1. The molecule has 0 aromatic heterocycles. The summed E-state index contributed by atoms with van der Waals surface area (Å²) in [6, 6.07) is 17.7. The number of hydrogen-bond acceptors (Lipinski definition) is 4. The van der Waals surface area contributed by atoms with Crippen LogP contribution in [0.2, 0.25) is 0 Å². The van der Waals surface area contributed by atoms with Gasteiger partial charge < -0.3 is 19.9 Å². The number of ether oxygens (including phenoxy) is 1. The normalized spacial score (nSPS) is 14.1. The Morgan fingerprint density at radius 3 is 2.26 bits per heavy atom. The van der Waals surface area contributed by atoms with Crippen molar-refractivity contribution in [3.05, 3.63) is 60.2 Å². The zero-order valence-electron chi connectivity index (χ0n) is 15.6. The lowest BCUT2D eigenvalue weighted by atomic mass is 10.2. The molecule has 1 fully saturated rings. The highest BCUT2D eigenvalue weighted by Gasteiger charge is 2.21. The predicted molar refractivity (Wildman–Crippen MR) is 106 cm³/mol. The second-order valence-electron chi connectivity index (χ2n) is 6.61. The van der Waals surface area contributed by atoms with Crippen molar-refractivity contribution in [2.75, 3.05) is 49.6 Å². The van der Waals surface area contributed by atoms with E-state index >= 15 is 0 Å². The van der Waals surface area contributed by atoms with Gasteiger partial charge in [0.1, 0.15) is 13.2 Å². The second kappa shape index (κ2) is 9.19. The molecule has 1 aliphatic rings. The Kier molecular flexibility index (Phi) is 6.44. The lowest BCUT2D eigenvalue weighted by Gasteiger charge is -2.36. The van der Waals surface area contributed by atoms with E-state index in [9.17, 15) is 9.59 Å². The molecule has 2 aromatic rings. The fourth-order valence-electron chi connectivity index (χ4n) is 3.01. The van der Waals surface area contributed by atoms with Gasteiger partial charge in [-0.3, -0.25) is 9.59 Å². The van der Waals surface area contributed by atoms with Crippen LogP contribution in [0.5, 0.6) is 0 Å². The fraction of sp³-hybridized carbons (Fsp3) is 0.333.